The quantitative estimate of drug-likeness (QED) is 0.500. The highest BCUT2D eigenvalue weighted by molar-refractivity contribution is 5.81. The van der Waals surface area contributed by atoms with E-state index in [1.807, 2.05) is 38.2 Å². The van der Waals surface area contributed by atoms with Gasteiger partial charge in [-0.05, 0) is 36.8 Å². The lowest BCUT2D eigenvalue weighted by Gasteiger charge is -2.25. The number of carbonyl (C=O) groups excluding carboxylic acids is 1. The van der Waals surface area contributed by atoms with Gasteiger partial charge in [-0.25, -0.2) is 0 Å². The minimum absolute atomic E-state index is 0.0526. The maximum Gasteiger partial charge on any atom is 0.228 e. The van der Waals surface area contributed by atoms with E-state index < -0.39 is 0 Å². The van der Waals surface area contributed by atoms with E-state index in [0.29, 0.717) is 18.7 Å². The van der Waals surface area contributed by atoms with Crippen LogP contribution in [0.2, 0.25) is 0 Å². The normalized spacial score (nSPS) is 15.5. The predicted octanol–water partition coefficient (Wildman–Crippen LogP) is 5.36. The van der Waals surface area contributed by atoms with Crippen molar-refractivity contribution in [1.29, 1.82) is 0 Å². The van der Waals surface area contributed by atoms with E-state index in [1.54, 1.807) is 6.08 Å². The van der Waals surface area contributed by atoms with Crippen LogP contribution in [0.5, 0.6) is 0 Å². The van der Waals surface area contributed by atoms with Crippen LogP contribution in [-0.4, -0.2) is 12.5 Å². The summed E-state index contributed by atoms with van der Waals surface area (Å²) in [5.74, 6) is 0.674. The zero-order chi connectivity index (χ0) is 18.9. The third-order valence-corrected chi connectivity index (χ3v) is 3.71. The smallest absolute Gasteiger partial charge is 0.228 e. The summed E-state index contributed by atoms with van der Waals surface area (Å²) in [7, 11) is 0. The van der Waals surface area contributed by atoms with Gasteiger partial charge in [0.1, 0.15) is 5.76 Å². The third-order valence-electron chi connectivity index (χ3n) is 3.71. The molecule has 0 unspecified atom stereocenters. The van der Waals surface area contributed by atoms with Crippen molar-refractivity contribution < 1.29 is 9.53 Å². The van der Waals surface area contributed by atoms with Crippen LogP contribution in [0.1, 0.15) is 47.5 Å². The van der Waals surface area contributed by atoms with Crippen molar-refractivity contribution in [2.75, 3.05) is 6.61 Å². The molecule has 0 saturated carbocycles. The third kappa shape index (κ3) is 7.42. The van der Waals surface area contributed by atoms with E-state index in [-0.39, 0.29) is 11.3 Å². The number of nitrogens with one attached hydrogen (secondary N) is 1. The van der Waals surface area contributed by atoms with Gasteiger partial charge in [0.25, 0.3) is 0 Å². The number of carbonyl (C=O) groups is 1. The Morgan fingerprint density at radius 2 is 2.08 bits per heavy atom. The van der Waals surface area contributed by atoms with E-state index in [9.17, 15) is 4.79 Å². The average molecular weight is 341 g/mol. The lowest BCUT2D eigenvalue weighted by molar-refractivity contribution is -0.119. The molecule has 3 heteroatoms. The first kappa shape index (κ1) is 20.8. The van der Waals surface area contributed by atoms with Gasteiger partial charge >= 0.3 is 0 Å². The molecule has 136 valence electrons. The van der Waals surface area contributed by atoms with Crippen molar-refractivity contribution in [1.82, 2.24) is 5.32 Å². The minimum atomic E-state index is -0.0762. The average Bonchev–Trinajstić information content (AvgIpc) is 2.74. The molecule has 1 rings (SSSR count). The van der Waals surface area contributed by atoms with Gasteiger partial charge in [0.15, 0.2) is 0 Å². The number of allylic oxidation sites excluding steroid dienone is 8. The summed E-state index contributed by atoms with van der Waals surface area (Å²) in [6, 6.07) is 0. The van der Waals surface area contributed by atoms with Gasteiger partial charge in [0.05, 0.1) is 13.0 Å². The monoisotopic (exact) mass is 341 g/mol. The molecule has 3 nitrogen and oxygen atoms in total. The lowest BCUT2D eigenvalue weighted by atomic mass is 9.84. The van der Waals surface area contributed by atoms with Gasteiger partial charge in [-0.15, -0.1) is 0 Å². The van der Waals surface area contributed by atoms with Gasteiger partial charge in [-0.2, -0.15) is 0 Å². The number of rotatable bonds is 7. The second-order valence-electron chi connectivity index (χ2n) is 6.95. The Bertz CT molecular complexity index is 637. The van der Waals surface area contributed by atoms with Gasteiger partial charge in [-0.1, -0.05) is 63.8 Å². The molecule has 1 aliphatic rings. The van der Waals surface area contributed by atoms with Gasteiger partial charge < -0.3 is 10.1 Å². The van der Waals surface area contributed by atoms with E-state index >= 15 is 0 Å². The van der Waals surface area contributed by atoms with Crippen LogP contribution in [0.15, 0.2) is 71.7 Å². The maximum absolute atomic E-state index is 12.3. The number of amides is 1. The molecule has 0 aliphatic heterocycles. The molecule has 0 saturated heterocycles. The van der Waals surface area contributed by atoms with E-state index in [4.69, 9.17) is 4.74 Å². The second-order valence-corrected chi connectivity index (χ2v) is 6.95. The minimum Gasteiger partial charge on any atom is -0.494 e. The summed E-state index contributed by atoms with van der Waals surface area (Å²) in [6.45, 7) is 14.9. The molecule has 0 radical (unpaired) electrons. The molecule has 1 amide bonds. The van der Waals surface area contributed by atoms with Crippen LogP contribution in [0.3, 0.4) is 0 Å². The molecule has 0 atom stereocenters. The predicted molar refractivity (Wildman–Crippen MR) is 106 cm³/mol. The fourth-order valence-corrected chi connectivity index (χ4v) is 2.66. The summed E-state index contributed by atoms with van der Waals surface area (Å²) < 4.78 is 5.79. The molecule has 0 heterocycles. The highest BCUT2D eigenvalue weighted by Crippen LogP contribution is 2.32. The molecule has 0 spiro atoms. The van der Waals surface area contributed by atoms with Gasteiger partial charge in [0.2, 0.25) is 5.91 Å². The van der Waals surface area contributed by atoms with Crippen LogP contribution in [0.4, 0.5) is 0 Å². The van der Waals surface area contributed by atoms with E-state index in [1.165, 1.54) is 0 Å². The molecule has 0 aromatic rings. The first-order valence-electron chi connectivity index (χ1n) is 8.80. The van der Waals surface area contributed by atoms with Crippen LogP contribution < -0.4 is 5.32 Å². The van der Waals surface area contributed by atoms with Crippen LogP contribution in [0.25, 0.3) is 0 Å². The lowest BCUT2D eigenvalue weighted by Crippen LogP contribution is -2.22. The van der Waals surface area contributed by atoms with Crippen LogP contribution in [-0.2, 0) is 9.53 Å². The zero-order valence-corrected chi connectivity index (χ0v) is 16.2. The Labute approximate surface area is 152 Å². The number of ether oxygens (including phenoxy) is 1. The van der Waals surface area contributed by atoms with Gasteiger partial charge in [-0.3, -0.25) is 4.79 Å². The summed E-state index contributed by atoms with van der Waals surface area (Å²) in [5.41, 5.74) is 2.58. The molecule has 25 heavy (non-hydrogen) atoms. The molecule has 0 fully saturated rings. The largest absolute Gasteiger partial charge is 0.494 e. The Balaban J connectivity index is 2.80. The Morgan fingerprint density at radius 3 is 2.68 bits per heavy atom. The maximum atomic E-state index is 12.3. The molecule has 0 bridgehead atoms. The van der Waals surface area contributed by atoms with Crippen molar-refractivity contribution in [2.24, 2.45) is 5.41 Å². The fraction of sp³-hybridized carbons (Fsp3) is 0.409. The molecule has 1 N–H and O–H groups in total. The fourth-order valence-electron chi connectivity index (χ4n) is 2.66. The van der Waals surface area contributed by atoms with Crippen LogP contribution in [0, 0.1) is 5.41 Å². The SMILES string of the molecule is C=C(/C=C(OCC)\C(=C/C)C(C)(C)C)NC(=O)CC1=CCC=CC=C1. The molecular weight excluding hydrogens is 310 g/mol. The molecular formula is C22H31NO2. The summed E-state index contributed by atoms with van der Waals surface area (Å²) in [5, 5.41) is 2.85. The topological polar surface area (TPSA) is 38.3 Å². The summed E-state index contributed by atoms with van der Waals surface area (Å²) in [4.78, 5) is 12.3. The van der Waals surface area contributed by atoms with E-state index in [0.717, 1.165) is 23.3 Å². The molecule has 0 aromatic heterocycles. The first-order chi connectivity index (χ1) is 11.8. The second kappa shape index (κ2) is 9.87. The van der Waals surface area contributed by atoms with E-state index in [2.05, 4.69) is 44.8 Å². The van der Waals surface area contributed by atoms with Crippen molar-refractivity contribution >= 4 is 5.91 Å². The van der Waals surface area contributed by atoms with Crippen molar-refractivity contribution in [3.63, 3.8) is 0 Å². The Morgan fingerprint density at radius 1 is 1.36 bits per heavy atom. The summed E-state index contributed by atoms with van der Waals surface area (Å²) in [6.07, 6.45) is 15.1. The Hall–Kier alpha value is -2.29. The zero-order valence-electron chi connectivity index (χ0n) is 16.2. The number of hydrogen-bond acceptors (Lipinski definition) is 2. The summed E-state index contributed by atoms with van der Waals surface area (Å²) >= 11 is 0. The van der Waals surface area contributed by atoms with Crippen molar-refractivity contribution in [3.05, 3.63) is 71.7 Å². The Kier molecular flexibility index (Phi) is 8.20. The number of hydrogen-bond donors (Lipinski definition) is 1. The van der Waals surface area contributed by atoms with Crippen molar-refractivity contribution in [3.8, 4) is 0 Å². The standard InChI is InChI=1S/C22H31NO2/c1-7-19(22(4,5)6)20(25-8-2)15-17(3)23-21(24)16-18-13-11-9-10-12-14-18/h7,9-11,13-15H,3,8,12,16H2,1-2,4-6H3,(H,23,24)/b19-7+,20-15+. The van der Waals surface area contributed by atoms with Crippen LogP contribution >= 0.6 is 0 Å². The first-order valence-corrected chi connectivity index (χ1v) is 8.80. The van der Waals surface area contributed by atoms with Crippen molar-refractivity contribution in [2.45, 2.75) is 47.5 Å². The highest BCUT2D eigenvalue weighted by atomic mass is 16.5. The van der Waals surface area contributed by atoms with Gasteiger partial charge in [0, 0.05) is 11.8 Å². The molecule has 0 aromatic carbocycles. The molecule has 1 aliphatic carbocycles. The highest BCUT2D eigenvalue weighted by Gasteiger charge is 2.21.